The number of fused-ring (bicyclic) bond motifs is 1. The molecule has 0 saturated carbocycles. The molecule has 0 aromatic carbocycles. The van der Waals surface area contributed by atoms with Crippen LogP contribution in [0.1, 0.15) is 47.5 Å². The van der Waals surface area contributed by atoms with E-state index in [1.807, 2.05) is 37.4 Å². The summed E-state index contributed by atoms with van der Waals surface area (Å²) in [4.78, 5) is 3.00. The summed E-state index contributed by atoms with van der Waals surface area (Å²) in [5, 5.41) is 3.07. The predicted molar refractivity (Wildman–Crippen MR) is 88.9 cm³/mol. The molecular weight excluding hydrogens is 256 g/mol. The summed E-state index contributed by atoms with van der Waals surface area (Å²) in [7, 11) is 0. The van der Waals surface area contributed by atoms with Gasteiger partial charge in [-0.2, -0.15) is 0 Å². The van der Waals surface area contributed by atoms with Crippen molar-refractivity contribution >= 4 is 23.5 Å². The minimum absolute atomic E-state index is 0.731. The zero-order chi connectivity index (χ0) is 13.5. The van der Waals surface area contributed by atoms with Gasteiger partial charge in [0.1, 0.15) is 0 Å². The monoisotopic (exact) mass is 282 g/mol. The van der Waals surface area contributed by atoms with Gasteiger partial charge in [-0.1, -0.05) is 64.6 Å². The van der Waals surface area contributed by atoms with Crippen molar-refractivity contribution in [3.8, 4) is 0 Å². The first kappa shape index (κ1) is 16.0. The fraction of sp³-hybridized carbons (Fsp3) is 0.625. The Hall–Kier alpha value is -0.0800. The molecule has 1 aliphatic carbocycles. The predicted octanol–water partition coefficient (Wildman–Crippen LogP) is 6.23. The highest BCUT2D eigenvalue weighted by molar-refractivity contribution is 8.12. The van der Waals surface area contributed by atoms with Crippen molar-refractivity contribution in [1.29, 1.82) is 0 Å². The molecule has 102 valence electrons. The number of rotatable bonds is 2. The molecule has 0 bridgehead atoms. The topological polar surface area (TPSA) is 0 Å². The second-order valence-electron chi connectivity index (χ2n) is 4.70. The molecule has 2 aliphatic rings. The highest BCUT2D eigenvalue weighted by Crippen LogP contribution is 2.47. The Labute approximate surface area is 121 Å². The Bertz CT molecular complexity index is 339. The third kappa shape index (κ3) is 4.24. The molecule has 1 aliphatic heterocycles. The molecule has 3 atom stereocenters. The molecular formula is C16H26S2. The van der Waals surface area contributed by atoms with Gasteiger partial charge < -0.3 is 0 Å². The van der Waals surface area contributed by atoms with E-state index in [0.29, 0.717) is 0 Å². The third-order valence-electron chi connectivity index (χ3n) is 3.33. The molecule has 18 heavy (non-hydrogen) atoms. The van der Waals surface area contributed by atoms with Crippen LogP contribution in [0.25, 0.3) is 0 Å². The zero-order valence-electron chi connectivity index (χ0n) is 12.3. The first-order valence-corrected chi connectivity index (χ1v) is 8.88. The van der Waals surface area contributed by atoms with Crippen molar-refractivity contribution in [3.05, 3.63) is 33.4 Å². The fourth-order valence-corrected chi connectivity index (χ4v) is 4.66. The van der Waals surface area contributed by atoms with E-state index in [-0.39, 0.29) is 0 Å². The lowest BCUT2D eigenvalue weighted by Crippen LogP contribution is -2.21. The van der Waals surface area contributed by atoms with Crippen LogP contribution < -0.4 is 0 Å². The normalized spacial score (nSPS) is 31.1. The molecule has 0 aromatic rings. The van der Waals surface area contributed by atoms with Crippen LogP contribution in [0, 0.1) is 11.8 Å². The van der Waals surface area contributed by atoms with Crippen molar-refractivity contribution in [2.45, 2.75) is 52.7 Å². The van der Waals surface area contributed by atoms with Gasteiger partial charge in [0, 0.05) is 10.2 Å². The summed E-state index contributed by atoms with van der Waals surface area (Å²) in [6.07, 6.45) is 9.46. The maximum Gasteiger partial charge on any atom is 0.0401 e. The van der Waals surface area contributed by atoms with Gasteiger partial charge >= 0.3 is 0 Å². The maximum absolute atomic E-state index is 2.49. The van der Waals surface area contributed by atoms with Crippen LogP contribution in [0.3, 0.4) is 0 Å². The number of thioether (sulfide) groups is 2. The largest absolute Gasteiger partial charge is 0.124 e. The van der Waals surface area contributed by atoms with E-state index in [4.69, 9.17) is 0 Å². The molecule has 0 saturated heterocycles. The first-order valence-electron chi connectivity index (χ1n) is 7.12. The van der Waals surface area contributed by atoms with Gasteiger partial charge in [0.25, 0.3) is 0 Å². The molecule has 1 heterocycles. The Kier molecular flexibility index (Phi) is 7.25. The molecule has 0 fully saturated rings. The Balaban J connectivity index is 0.000000771. The zero-order valence-corrected chi connectivity index (χ0v) is 13.9. The smallest absolute Gasteiger partial charge is 0.0401 e. The summed E-state index contributed by atoms with van der Waals surface area (Å²) in [6, 6.07) is 0. The maximum atomic E-state index is 2.49. The molecule has 2 unspecified atom stereocenters. The molecule has 0 spiro atoms. The van der Waals surface area contributed by atoms with Crippen LogP contribution in [0.4, 0.5) is 0 Å². The summed E-state index contributed by atoms with van der Waals surface area (Å²) >= 11 is 3.98. The molecule has 0 N–H and O–H groups in total. The summed E-state index contributed by atoms with van der Waals surface area (Å²) in [6.45, 7) is 10.9. The van der Waals surface area contributed by atoms with Crippen LogP contribution in [0.2, 0.25) is 0 Å². The molecule has 0 radical (unpaired) electrons. The van der Waals surface area contributed by atoms with Crippen molar-refractivity contribution in [1.82, 2.24) is 0 Å². The number of hydrogen-bond acceptors (Lipinski definition) is 2. The van der Waals surface area contributed by atoms with E-state index >= 15 is 0 Å². The fourth-order valence-electron chi connectivity index (χ4n) is 2.04. The highest BCUT2D eigenvalue weighted by atomic mass is 32.2. The molecule has 0 aromatic heterocycles. The van der Waals surface area contributed by atoms with Gasteiger partial charge in [-0.15, -0.1) is 11.8 Å². The Morgan fingerprint density at radius 3 is 2.72 bits per heavy atom. The number of allylic oxidation sites excluding steroid dienone is 3. The minimum Gasteiger partial charge on any atom is -0.124 e. The van der Waals surface area contributed by atoms with E-state index in [1.54, 1.807) is 4.91 Å². The standard InChI is InChI=1S/C14H20S2.C2H6/c1-4-5-6-12-9-15-13-7-10(2)11(3)8-14(13)16-12;1-2/h5-6,8-11,13H,4,7H2,1-3H3;1-2H3/b6-5-;/t10-,11?,13?;/m1./s1. The minimum atomic E-state index is 0.731. The van der Waals surface area contributed by atoms with E-state index in [9.17, 15) is 0 Å². The van der Waals surface area contributed by atoms with Gasteiger partial charge in [0.15, 0.2) is 0 Å². The van der Waals surface area contributed by atoms with Gasteiger partial charge in [0.05, 0.1) is 0 Å². The molecule has 2 heteroatoms. The van der Waals surface area contributed by atoms with Gasteiger partial charge in [-0.3, -0.25) is 0 Å². The third-order valence-corrected chi connectivity index (χ3v) is 5.94. The van der Waals surface area contributed by atoms with Crippen molar-refractivity contribution in [2.24, 2.45) is 11.8 Å². The van der Waals surface area contributed by atoms with Crippen LogP contribution >= 0.6 is 23.5 Å². The first-order chi connectivity index (χ1) is 8.70. The summed E-state index contributed by atoms with van der Waals surface area (Å²) in [5.74, 6) is 1.58. The van der Waals surface area contributed by atoms with Gasteiger partial charge in [0.2, 0.25) is 0 Å². The summed E-state index contributed by atoms with van der Waals surface area (Å²) in [5.41, 5.74) is 0. The van der Waals surface area contributed by atoms with E-state index in [0.717, 1.165) is 23.5 Å². The quantitative estimate of drug-likeness (QED) is 0.589. The van der Waals surface area contributed by atoms with Crippen molar-refractivity contribution < 1.29 is 0 Å². The van der Waals surface area contributed by atoms with Crippen molar-refractivity contribution in [3.63, 3.8) is 0 Å². The van der Waals surface area contributed by atoms with Crippen LogP contribution in [0.15, 0.2) is 33.4 Å². The molecule has 0 nitrogen and oxygen atoms in total. The van der Waals surface area contributed by atoms with Crippen LogP contribution in [-0.2, 0) is 0 Å². The van der Waals surface area contributed by atoms with Crippen LogP contribution in [-0.4, -0.2) is 5.25 Å². The van der Waals surface area contributed by atoms with Crippen LogP contribution in [0.5, 0.6) is 0 Å². The van der Waals surface area contributed by atoms with E-state index in [2.05, 4.69) is 44.4 Å². The Morgan fingerprint density at radius 1 is 1.33 bits per heavy atom. The van der Waals surface area contributed by atoms with Gasteiger partial charge in [-0.25, -0.2) is 0 Å². The average molecular weight is 283 g/mol. The second kappa shape index (κ2) is 8.16. The molecule has 2 rings (SSSR count). The van der Waals surface area contributed by atoms with E-state index in [1.165, 1.54) is 11.3 Å². The Morgan fingerprint density at radius 2 is 2.06 bits per heavy atom. The van der Waals surface area contributed by atoms with Crippen molar-refractivity contribution in [2.75, 3.05) is 0 Å². The highest BCUT2D eigenvalue weighted by Gasteiger charge is 2.29. The van der Waals surface area contributed by atoms with E-state index < -0.39 is 0 Å². The lowest BCUT2D eigenvalue weighted by atomic mass is 9.86. The average Bonchev–Trinajstić information content (AvgIpc) is 2.40. The summed E-state index contributed by atoms with van der Waals surface area (Å²) < 4.78 is 0. The van der Waals surface area contributed by atoms with Gasteiger partial charge in [-0.05, 0) is 35.0 Å². The lowest BCUT2D eigenvalue weighted by Gasteiger charge is -2.33. The SMILES string of the molecule is CC.CC/C=C\C1=CSC2C[C@@H](C)C(C)C=C2S1. The second-order valence-corrected chi connectivity index (χ2v) is 6.92. The number of hydrogen-bond donors (Lipinski definition) is 0. The lowest BCUT2D eigenvalue weighted by molar-refractivity contribution is 0.416. The molecule has 0 amide bonds.